The summed E-state index contributed by atoms with van der Waals surface area (Å²) in [5.74, 6) is -0.372. The molecular weight excluding hydrogens is 252 g/mol. The zero-order chi connectivity index (χ0) is 13.8. The van der Waals surface area contributed by atoms with Crippen molar-refractivity contribution in [2.24, 2.45) is 0 Å². The van der Waals surface area contributed by atoms with Gasteiger partial charge >= 0.3 is 5.97 Å². The second kappa shape index (κ2) is 5.34. The van der Waals surface area contributed by atoms with Crippen LogP contribution in [0.2, 0.25) is 0 Å². The third-order valence-corrected chi connectivity index (χ3v) is 2.54. The lowest BCUT2D eigenvalue weighted by atomic mass is 10.3. The summed E-state index contributed by atoms with van der Waals surface area (Å²) in [6.07, 6.45) is 0.561. The van der Waals surface area contributed by atoms with Gasteiger partial charge in [-0.15, -0.1) is 0 Å². The number of aromatic nitrogens is 2. The number of nitro groups is 1. The monoisotopic (exact) mass is 264 g/mol. The number of aliphatic carboxylic acids is 1. The second-order valence-electron chi connectivity index (χ2n) is 3.97. The quantitative estimate of drug-likeness (QED) is 0.415. The van der Waals surface area contributed by atoms with Crippen molar-refractivity contribution >= 4 is 28.6 Å². The molecule has 0 radical (unpaired) electrons. The molecule has 0 saturated heterocycles. The summed E-state index contributed by atoms with van der Waals surface area (Å²) in [4.78, 5) is 27.6. The van der Waals surface area contributed by atoms with Gasteiger partial charge in [0, 0.05) is 25.1 Å². The molecule has 100 valence electrons. The van der Waals surface area contributed by atoms with Gasteiger partial charge in [-0.2, -0.15) is 0 Å². The molecule has 0 spiro atoms. The maximum Gasteiger partial charge on any atom is 0.303 e. The molecule has 1 aromatic heterocycles. The van der Waals surface area contributed by atoms with Crippen LogP contribution in [-0.2, 0) is 4.79 Å². The fourth-order valence-corrected chi connectivity index (χ4v) is 1.64. The number of benzene rings is 1. The van der Waals surface area contributed by atoms with Crippen LogP contribution in [0, 0.1) is 10.1 Å². The van der Waals surface area contributed by atoms with Crippen LogP contribution in [0.15, 0.2) is 18.2 Å². The van der Waals surface area contributed by atoms with Crippen molar-refractivity contribution in [2.75, 3.05) is 11.9 Å². The van der Waals surface area contributed by atoms with Crippen molar-refractivity contribution in [2.45, 2.75) is 12.8 Å². The maximum absolute atomic E-state index is 10.6. The molecule has 0 saturated carbocycles. The van der Waals surface area contributed by atoms with Crippen LogP contribution >= 0.6 is 0 Å². The number of H-pyrrole nitrogens is 1. The Morgan fingerprint density at radius 3 is 3.00 bits per heavy atom. The molecule has 0 aliphatic heterocycles. The molecule has 0 aliphatic rings. The number of carbonyl (C=O) groups is 1. The highest BCUT2D eigenvalue weighted by atomic mass is 16.6. The summed E-state index contributed by atoms with van der Waals surface area (Å²) in [6.45, 7) is 0.466. The van der Waals surface area contributed by atoms with Crippen LogP contribution in [0.25, 0.3) is 11.0 Å². The summed E-state index contributed by atoms with van der Waals surface area (Å²) in [5.41, 5.74) is 1.18. The molecule has 2 rings (SSSR count). The Balaban J connectivity index is 2.04. The number of aromatic amines is 1. The summed E-state index contributed by atoms with van der Waals surface area (Å²) >= 11 is 0. The zero-order valence-electron chi connectivity index (χ0n) is 9.92. The minimum absolute atomic E-state index is 0.00595. The smallest absolute Gasteiger partial charge is 0.303 e. The number of carboxylic acid groups (broad SMARTS) is 1. The fraction of sp³-hybridized carbons (Fsp3) is 0.273. The largest absolute Gasteiger partial charge is 0.481 e. The van der Waals surface area contributed by atoms with E-state index < -0.39 is 10.9 Å². The standard InChI is InChI=1S/C11H12N4O4/c16-10(17)2-1-5-12-11-13-8-4-3-7(15(18)19)6-9(8)14-11/h3-4,6H,1-2,5H2,(H,16,17)(H2,12,13,14). The first kappa shape index (κ1) is 12.8. The molecule has 0 aliphatic carbocycles. The SMILES string of the molecule is O=C(O)CCCNc1nc2ccc([N+](=O)[O-])cc2[nH]1. The number of non-ortho nitro benzene ring substituents is 1. The van der Waals surface area contributed by atoms with Crippen molar-refractivity contribution in [3.8, 4) is 0 Å². The van der Waals surface area contributed by atoms with E-state index >= 15 is 0 Å². The predicted octanol–water partition coefficient (Wildman–Crippen LogP) is 1.75. The molecule has 1 aromatic carbocycles. The number of imidazole rings is 1. The zero-order valence-corrected chi connectivity index (χ0v) is 9.92. The van der Waals surface area contributed by atoms with Gasteiger partial charge in [0.1, 0.15) is 0 Å². The summed E-state index contributed by atoms with van der Waals surface area (Å²) < 4.78 is 0. The molecule has 2 aromatic rings. The molecule has 0 bridgehead atoms. The first-order valence-corrected chi connectivity index (χ1v) is 5.66. The molecule has 19 heavy (non-hydrogen) atoms. The lowest BCUT2D eigenvalue weighted by Gasteiger charge is -1.99. The minimum atomic E-state index is -0.845. The number of hydrogen-bond acceptors (Lipinski definition) is 5. The fourth-order valence-electron chi connectivity index (χ4n) is 1.64. The highest BCUT2D eigenvalue weighted by Gasteiger charge is 2.09. The van der Waals surface area contributed by atoms with E-state index in [0.717, 1.165) is 0 Å². The molecule has 8 nitrogen and oxygen atoms in total. The molecule has 8 heteroatoms. The van der Waals surface area contributed by atoms with Crippen LogP contribution in [0.1, 0.15) is 12.8 Å². The molecule has 3 N–H and O–H groups in total. The Kier molecular flexibility index (Phi) is 3.60. The van der Waals surface area contributed by atoms with Crippen LogP contribution in [-0.4, -0.2) is 32.5 Å². The van der Waals surface area contributed by atoms with Crippen LogP contribution in [0.3, 0.4) is 0 Å². The third kappa shape index (κ3) is 3.18. The van der Waals surface area contributed by atoms with Gasteiger partial charge in [0.2, 0.25) is 5.95 Å². The number of carboxylic acids is 1. The van der Waals surface area contributed by atoms with Crippen LogP contribution in [0.5, 0.6) is 0 Å². The number of hydrogen-bond donors (Lipinski definition) is 3. The van der Waals surface area contributed by atoms with E-state index in [1.165, 1.54) is 12.1 Å². The maximum atomic E-state index is 10.6. The average molecular weight is 264 g/mol. The highest BCUT2D eigenvalue weighted by molar-refractivity contribution is 5.79. The van der Waals surface area contributed by atoms with Crippen LogP contribution < -0.4 is 5.32 Å². The summed E-state index contributed by atoms with van der Waals surface area (Å²) in [5, 5.41) is 22.1. The Bertz CT molecular complexity index is 622. The van der Waals surface area contributed by atoms with Crippen molar-refractivity contribution in [3.05, 3.63) is 28.3 Å². The Labute approximate surface area is 107 Å². The van der Waals surface area contributed by atoms with Gasteiger partial charge in [-0.1, -0.05) is 0 Å². The highest BCUT2D eigenvalue weighted by Crippen LogP contribution is 2.20. The van der Waals surface area contributed by atoms with E-state index in [1.54, 1.807) is 6.07 Å². The first-order chi connectivity index (χ1) is 9.06. The second-order valence-corrected chi connectivity index (χ2v) is 3.97. The normalized spacial score (nSPS) is 10.5. The van der Waals surface area contributed by atoms with Crippen molar-refractivity contribution in [1.29, 1.82) is 0 Å². The van der Waals surface area contributed by atoms with E-state index in [9.17, 15) is 14.9 Å². The van der Waals surface area contributed by atoms with Crippen LogP contribution in [0.4, 0.5) is 11.6 Å². The lowest BCUT2D eigenvalue weighted by molar-refractivity contribution is -0.384. The number of fused-ring (bicyclic) bond motifs is 1. The van der Waals surface area contributed by atoms with Gasteiger partial charge in [0.25, 0.3) is 5.69 Å². The summed E-state index contributed by atoms with van der Waals surface area (Å²) in [7, 11) is 0. The molecule has 0 amide bonds. The van der Waals surface area contributed by atoms with Gasteiger partial charge < -0.3 is 15.4 Å². The van der Waals surface area contributed by atoms with Crippen molar-refractivity contribution in [1.82, 2.24) is 9.97 Å². The number of nitro benzene ring substituents is 1. The van der Waals surface area contributed by atoms with Gasteiger partial charge in [-0.3, -0.25) is 14.9 Å². The number of anilines is 1. The topological polar surface area (TPSA) is 121 Å². The van der Waals surface area contributed by atoms with E-state index in [0.29, 0.717) is 29.9 Å². The van der Waals surface area contributed by atoms with E-state index in [-0.39, 0.29) is 12.1 Å². The summed E-state index contributed by atoms with van der Waals surface area (Å²) in [6, 6.07) is 4.36. The average Bonchev–Trinajstić information content (AvgIpc) is 2.75. The van der Waals surface area contributed by atoms with Crippen molar-refractivity contribution in [3.63, 3.8) is 0 Å². The molecular formula is C11H12N4O4. The number of nitrogens with one attached hydrogen (secondary N) is 2. The molecule has 1 heterocycles. The number of nitrogens with zero attached hydrogens (tertiary/aromatic N) is 2. The minimum Gasteiger partial charge on any atom is -0.481 e. The molecule has 0 atom stereocenters. The van der Waals surface area contributed by atoms with Gasteiger partial charge in [0.15, 0.2) is 0 Å². The van der Waals surface area contributed by atoms with E-state index in [4.69, 9.17) is 5.11 Å². The Morgan fingerprint density at radius 1 is 1.53 bits per heavy atom. The first-order valence-electron chi connectivity index (χ1n) is 5.66. The lowest BCUT2D eigenvalue weighted by Crippen LogP contribution is -2.05. The molecule has 0 fully saturated rings. The van der Waals surface area contributed by atoms with Gasteiger partial charge in [-0.05, 0) is 12.5 Å². The van der Waals surface area contributed by atoms with E-state index in [1.807, 2.05) is 0 Å². The third-order valence-electron chi connectivity index (χ3n) is 2.54. The van der Waals surface area contributed by atoms with Gasteiger partial charge in [0.05, 0.1) is 16.0 Å². The van der Waals surface area contributed by atoms with E-state index in [2.05, 4.69) is 15.3 Å². The Morgan fingerprint density at radius 2 is 2.32 bits per heavy atom. The number of rotatable bonds is 6. The predicted molar refractivity (Wildman–Crippen MR) is 68.1 cm³/mol. The van der Waals surface area contributed by atoms with Crippen molar-refractivity contribution < 1.29 is 14.8 Å². The Hall–Kier alpha value is -2.64. The molecule has 0 unspecified atom stereocenters. The van der Waals surface area contributed by atoms with Gasteiger partial charge in [-0.25, -0.2) is 4.98 Å².